The standard InChI is InChI=1S/C15H27N5O/c1-5-14-13(11-19(4)17-14)8-16-15(21)20-7-6-12(10-20)9-18(2)3/h11-12H,5-10H2,1-4H3,(H,16,21)/t12-/m1/s1. The van der Waals surface area contributed by atoms with Crippen LogP contribution in [-0.4, -0.2) is 59.3 Å². The van der Waals surface area contributed by atoms with Gasteiger partial charge in [-0.15, -0.1) is 0 Å². The van der Waals surface area contributed by atoms with Gasteiger partial charge >= 0.3 is 6.03 Å². The van der Waals surface area contributed by atoms with Gasteiger partial charge in [-0.25, -0.2) is 4.79 Å². The molecule has 0 radical (unpaired) electrons. The molecule has 1 N–H and O–H groups in total. The number of hydrogen-bond donors (Lipinski definition) is 1. The molecule has 118 valence electrons. The molecule has 0 aliphatic carbocycles. The molecular formula is C15H27N5O. The second kappa shape index (κ2) is 6.93. The van der Waals surface area contributed by atoms with Crippen LogP contribution in [0.3, 0.4) is 0 Å². The van der Waals surface area contributed by atoms with E-state index in [1.54, 1.807) is 0 Å². The molecule has 1 aliphatic heterocycles. The fourth-order valence-corrected chi connectivity index (χ4v) is 2.99. The van der Waals surface area contributed by atoms with Crippen molar-refractivity contribution in [1.82, 2.24) is 24.9 Å². The molecule has 2 amide bonds. The first-order valence-electron chi connectivity index (χ1n) is 7.68. The van der Waals surface area contributed by atoms with E-state index >= 15 is 0 Å². The van der Waals surface area contributed by atoms with Crippen LogP contribution in [0.4, 0.5) is 4.79 Å². The molecule has 1 saturated heterocycles. The Kier molecular flexibility index (Phi) is 5.22. The Labute approximate surface area is 127 Å². The normalized spacial score (nSPS) is 18.5. The Balaban J connectivity index is 1.82. The van der Waals surface area contributed by atoms with Crippen LogP contribution in [-0.2, 0) is 20.0 Å². The van der Waals surface area contributed by atoms with Crippen LogP contribution in [0.15, 0.2) is 6.20 Å². The predicted molar refractivity (Wildman–Crippen MR) is 83.1 cm³/mol. The lowest BCUT2D eigenvalue weighted by molar-refractivity contribution is 0.205. The van der Waals surface area contributed by atoms with Crippen LogP contribution in [0, 0.1) is 5.92 Å². The van der Waals surface area contributed by atoms with E-state index in [-0.39, 0.29) is 6.03 Å². The lowest BCUT2D eigenvalue weighted by Crippen LogP contribution is -2.38. The first-order chi connectivity index (χ1) is 9.99. The van der Waals surface area contributed by atoms with Gasteiger partial charge in [0.05, 0.1) is 5.69 Å². The van der Waals surface area contributed by atoms with Gasteiger partial charge in [-0.1, -0.05) is 6.92 Å². The second-order valence-corrected chi connectivity index (χ2v) is 6.15. The molecule has 0 bridgehead atoms. The number of aryl methyl sites for hydroxylation is 2. The van der Waals surface area contributed by atoms with Gasteiger partial charge in [-0.2, -0.15) is 5.10 Å². The number of amides is 2. The third-order valence-corrected chi connectivity index (χ3v) is 3.95. The number of hydrogen-bond acceptors (Lipinski definition) is 3. The number of urea groups is 1. The van der Waals surface area contributed by atoms with E-state index in [0.717, 1.165) is 43.7 Å². The zero-order chi connectivity index (χ0) is 15.4. The fourth-order valence-electron chi connectivity index (χ4n) is 2.99. The average molecular weight is 293 g/mol. The topological polar surface area (TPSA) is 53.4 Å². The summed E-state index contributed by atoms with van der Waals surface area (Å²) in [6.45, 7) is 5.41. The van der Waals surface area contributed by atoms with Gasteiger partial charge in [-0.05, 0) is 32.9 Å². The van der Waals surface area contributed by atoms with Gasteiger partial charge in [0.15, 0.2) is 0 Å². The van der Waals surface area contributed by atoms with Crippen molar-refractivity contribution in [2.24, 2.45) is 13.0 Å². The maximum Gasteiger partial charge on any atom is 0.317 e. The van der Waals surface area contributed by atoms with E-state index < -0.39 is 0 Å². The number of likely N-dealkylation sites (tertiary alicyclic amines) is 1. The molecule has 1 aromatic heterocycles. The second-order valence-electron chi connectivity index (χ2n) is 6.15. The molecule has 1 aliphatic rings. The summed E-state index contributed by atoms with van der Waals surface area (Å²) in [4.78, 5) is 16.3. The number of carbonyl (C=O) groups is 1. The summed E-state index contributed by atoms with van der Waals surface area (Å²) in [5.41, 5.74) is 2.17. The number of aromatic nitrogens is 2. The van der Waals surface area contributed by atoms with Gasteiger partial charge < -0.3 is 15.1 Å². The van der Waals surface area contributed by atoms with Gasteiger partial charge in [0.25, 0.3) is 0 Å². The van der Waals surface area contributed by atoms with Crippen molar-refractivity contribution < 1.29 is 4.79 Å². The first kappa shape index (κ1) is 15.8. The molecule has 0 aromatic carbocycles. The number of nitrogens with one attached hydrogen (secondary N) is 1. The van der Waals surface area contributed by atoms with Crippen molar-refractivity contribution >= 4 is 6.03 Å². The van der Waals surface area contributed by atoms with Crippen molar-refractivity contribution in [2.75, 3.05) is 33.7 Å². The third kappa shape index (κ3) is 4.20. The van der Waals surface area contributed by atoms with Crippen molar-refractivity contribution in [1.29, 1.82) is 0 Å². The minimum absolute atomic E-state index is 0.0437. The fraction of sp³-hybridized carbons (Fsp3) is 0.733. The highest BCUT2D eigenvalue weighted by molar-refractivity contribution is 5.74. The molecule has 6 heteroatoms. The van der Waals surface area contributed by atoms with Crippen LogP contribution in [0.25, 0.3) is 0 Å². The number of rotatable bonds is 5. The summed E-state index contributed by atoms with van der Waals surface area (Å²) in [6.07, 6.45) is 3.97. The Morgan fingerprint density at radius 2 is 2.29 bits per heavy atom. The molecule has 2 rings (SSSR count). The van der Waals surface area contributed by atoms with E-state index in [1.165, 1.54) is 0 Å². The Morgan fingerprint density at radius 3 is 2.95 bits per heavy atom. The Hall–Kier alpha value is -1.56. The highest BCUT2D eigenvalue weighted by Crippen LogP contribution is 2.17. The van der Waals surface area contributed by atoms with E-state index in [9.17, 15) is 4.79 Å². The van der Waals surface area contributed by atoms with Crippen molar-refractivity contribution in [3.05, 3.63) is 17.5 Å². The monoisotopic (exact) mass is 293 g/mol. The summed E-state index contributed by atoms with van der Waals surface area (Å²) in [7, 11) is 6.08. The lowest BCUT2D eigenvalue weighted by Gasteiger charge is -2.19. The Bertz CT molecular complexity index is 482. The quantitative estimate of drug-likeness (QED) is 0.884. The largest absolute Gasteiger partial charge is 0.334 e. The van der Waals surface area contributed by atoms with Crippen LogP contribution in [0.1, 0.15) is 24.6 Å². The summed E-state index contributed by atoms with van der Waals surface area (Å²) in [5, 5.41) is 7.42. The summed E-state index contributed by atoms with van der Waals surface area (Å²) in [6, 6.07) is 0.0437. The maximum absolute atomic E-state index is 12.2. The molecule has 0 saturated carbocycles. The predicted octanol–water partition coefficient (Wildman–Crippen LogP) is 1.08. The maximum atomic E-state index is 12.2. The van der Waals surface area contributed by atoms with Crippen LogP contribution in [0.5, 0.6) is 0 Å². The minimum atomic E-state index is 0.0437. The van der Waals surface area contributed by atoms with Crippen molar-refractivity contribution in [3.63, 3.8) is 0 Å². The van der Waals surface area contributed by atoms with Crippen molar-refractivity contribution in [3.8, 4) is 0 Å². The Morgan fingerprint density at radius 1 is 1.52 bits per heavy atom. The van der Waals surface area contributed by atoms with E-state index in [1.807, 2.05) is 22.8 Å². The molecule has 2 heterocycles. The zero-order valence-corrected chi connectivity index (χ0v) is 13.6. The van der Waals surface area contributed by atoms with E-state index in [2.05, 4.69) is 36.3 Å². The highest BCUT2D eigenvalue weighted by atomic mass is 16.2. The summed E-state index contributed by atoms with van der Waals surface area (Å²) in [5.74, 6) is 0.593. The molecule has 1 aromatic rings. The van der Waals surface area contributed by atoms with Crippen LogP contribution >= 0.6 is 0 Å². The third-order valence-electron chi connectivity index (χ3n) is 3.95. The van der Waals surface area contributed by atoms with Gasteiger partial charge in [0.2, 0.25) is 0 Å². The molecule has 1 fully saturated rings. The number of carbonyl (C=O) groups excluding carboxylic acids is 1. The minimum Gasteiger partial charge on any atom is -0.334 e. The molecule has 0 spiro atoms. The summed E-state index contributed by atoms with van der Waals surface area (Å²) < 4.78 is 1.81. The first-order valence-corrected chi connectivity index (χ1v) is 7.68. The molecule has 21 heavy (non-hydrogen) atoms. The highest BCUT2D eigenvalue weighted by Gasteiger charge is 2.26. The average Bonchev–Trinajstić information content (AvgIpc) is 3.01. The number of nitrogens with zero attached hydrogens (tertiary/aromatic N) is 4. The van der Waals surface area contributed by atoms with Crippen LogP contribution < -0.4 is 5.32 Å². The van der Waals surface area contributed by atoms with Gasteiger partial charge in [-0.3, -0.25) is 4.68 Å². The van der Waals surface area contributed by atoms with Gasteiger partial charge in [0.1, 0.15) is 0 Å². The van der Waals surface area contributed by atoms with E-state index in [4.69, 9.17) is 0 Å². The molecular weight excluding hydrogens is 266 g/mol. The molecule has 1 atom stereocenters. The molecule has 0 unspecified atom stereocenters. The zero-order valence-electron chi connectivity index (χ0n) is 13.6. The lowest BCUT2D eigenvalue weighted by atomic mass is 10.1. The van der Waals surface area contributed by atoms with Gasteiger partial charge in [0, 0.05) is 45.0 Å². The van der Waals surface area contributed by atoms with Crippen molar-refractivity contribution in [2.45, 2.75) is 26.3 Å². The smallest absolute Gasteiger partial charge is 0.317 e. The SMILES string of the molecule is CCc1nn(C)cc1CNC(=O)N1CC[C@H](CN(C)C)C1. The van der Waals surface area contributed by atoms with Crippen LogP contribution in [0.2, 0.25) is 0 Å². The van der Waals surface area contributed by atoms with E-state index in [0.29, 0.717) is 12.5 Å². The summed E-state index contributed by atoms with van der Waals surface area (Å²) >= 11 is 0. The molecule has 6 nitrogen and oxygen atoms in total.